The summed E-state index contributed by atoms with van der Waals surface area (Å²) in [5, 5.41) is 17.7. The summed E-state index contributed by atoms with van der Waals surface area (Å²) in [6, 6.07) is 7.73. The standard InChI is InChI=1S/C23H20ClN5O6/c1-10-14(24)6-5-13-19(10)26-22(33)23(13)18-17(15(27-23)7-8-16(25)30)20(31)28(21(18)32)11-3-2-4-12(9-11)29(34)35/h2-6,9,15,17-18,27H,7-8H2,1H3,(H2,25,30)(H,26,33)/t15-,17+,18+,23-/m1/s1. The van der Waals surface area contributed by atoms with E-state index in [0.717, 1.165) is 11.0 Å². The Morgan fingerprint density at radius 1 is 1.23 bits per heavy atom. The van der Waals surface area contributed by atoms with Crippen molar-refractivity contribution in [3.05, 3.63) is 62.7 Å². The molecule has 2 aromatic rings. The highest BCUT2D eigenvalue weighted by molar-refractivity contribution is 6.32. The molecule has 1 spiro atoms. The van der Waals surface area contributed by atoms with Crippen LogP contribution in [0.2, 0.25) is 5.02 Å². The number of hydrogen-bond donors (Lipinski definition) is 3. The molecule has 12 heteroatoms. The number of imide groups is 1. The molecule has 2 saturated heterocycles. The molecule has 4 atom stereocenters. The summed E-state index contributed by atoms with van der Waals surface area (Å²) in [6.45, 7) is 1.73. The molecule has 180 valence electrons. The van der Waals surface area contributed by atoms with Crippen LogP contribution in [0.4, 0.5) is 17.1 Å². The number of nitrogens with zero attached hydrogens (tertiary/aromatic N) is 2. The van der Waals surface area contributed by atoms with Crippen molar-refractivity contribution < 1.29 is 24.1 Å². The van der Waals surface area contributed by atoms with Gasteiger partial charge in [0.2, 0.25) is 23.6 Å². The number of amides is 4. The first kappa shape index (κ1) is 22.9. The van der Waals surface area contributed by atoms with E-state index in [1.54, 1.807) is 19.1 Å². The van der Waals surface area contributed by atoms with Crippen molar-refractivity contribution in [1.29, 1.82) is 0 Å². The summed E-state index contributed by atoms with van der Waals surface area (Å²) in [5.41, 5.74) is 5.05. The van der Waals surface area contributed by atoms with E-state index in [0.29, 0.717) is 21.8 Å². The van der Waals surface area contributed by atoms with E-state index in [4.69, 9.17) is 17.3 Å². The molecule has 11 nitrogen and oxygen atoms in total. The van der Waals surface area contributed by atoms with Gasteiger partial charge in [-0.3, -0.25) is 34.6 Å². The highest BCUT2D eigenvalue weighted by Gasteiger charge is 2.70. The molecule has 2 aromatic carbocycles. The van der Waals surface area contributed by atoms with Gasteiger partial charge in [-0.15, -0.1) is 0 Å². The molecule has 2 fully saturated rings. The zero-order valence-corrected chi connectivity index (χ0v) is 19.2. The Morgan fingerprint density at radius 3 is 2.66 bits per heavy atom. The largest absolute Gasteiger partial charge is 0.370 e. The lowest BCUT2D eigenvalue weighted by atomic mass is 9.76. The second-order valence-electron chi connectivity index (χ2n) is 8.91. The van der Waals surface area contributed by atoms with Gasteiger partial charge < -0.3 is 11.1 Å². The van der Waals surface area contributed by atoms with E-state index in [9.17, 15) is 29.3 Å². The van der Waals surface area contributed by atoms with Crippen molar-refractivity contribution >= 4 is 52.3 Å². The van der Waals surface area contributed by atoms with Gasteiger partial charge in [-0.25, -0.2) is 4.90 Å². The fourth-order valence-corrected chi connectivity index (χ4v) is 5.69. The number of halogens is 1. The molecule has 3 aliphatic heterocycles. The van der Waals surface area contributed by atoms with Crippen molar-refractivity contribution in [2.24, 2.45) is 17.6 Å². The minimum Gasteiger partial charge on any atom is -0.370 e. The Morgan fingerprint density at radius 2 is 1.97 bits per heavy atom. The van der Waals surface area contributed by atoms with Crippen molar-refractivity contribution in [3.63, 3.8) is 0 Å². The van der Waals surface area contributed by atoms with Crippen LogP contribution in [0.25, 0.3) is 0 Å². The van der Waals surface area contributed by atoms with Crippen LogP contribution < -0.4 is 21.3 Å². The number of anilines is 2. The number of non-ortho nitro benzene ring substituents is 1. The molecule has 4 amide bonds. The number of nitro benzene ring substituents is 1. The number of carbonyl (C=O) groups is 4. The fraction of sp³-hybridized carbons (Fsp3) is 0.304. The predicted molar refractivity (Wildman–Crippen MR) is 124 cm³/mol. The molecular weight excluding hydrogens is 478 g/mol. The zero-order chi connectivity index (χ0) is 25.2. The smallest absolute Gasteiger partial charge is 0.271 e. The average molecular weight is 498 g/mol. The number of fused-ring (bicyclic) bond motifs is 4. The number of nitrogens with one attached hydrogen (secondary N) is 2. The van der Waals surface area contributed by atoms with Gasteiger partial charge in [-0.2, -0.15) is 0 Å². The van der Waals surface area contributed by atoms with Crippen LogP contribution in [-0.2, 0) is 24.7 Å². The second-order valence-corrected chi connectivity index (χ2v) is 9.31. The normalized spacial score (nSPS) is 26.7. The molecular formula is C23H20ClN5O6. The topological polar surface area (TPSA) is 165 Å². The third-order valence-electron chi connectivity index (χ3n) is 7.09. The molecule has 3 heterocycles. The average Bonchev–Trinajstić information content (AvgIpc) is 3.40. The van der Waals surface area contributed by atoms with Crippen LogP contribution in [0.3, 0.4) is 0 Å². The van der Waals surface area contributed by atoms with Gasteiger partial charge >= 0.3 is 0 Å². The maximum absolute atomic E-state index is 13.8. The van der Waals surface area contributed by atoms with E-state index in [1.165, 1.54) is 18.2 Å². The maximum Gasteiger partial charge on any atom is 0.271 e. The summed E-state index contributed by atoms with van der Waals surface area (Å²) in [7, 11) is 0. The fourth-order valence-electron chi connectivity index (χ4n) is 5.54. The summed E-state index contributed by atoms with van der Waals surface area (Å²) in [5.74, 6) is -4.51. The molecule has 35 heavy (non-hydrogen) atoms. The van der Waals surface area contributed by atoms with Gasteiger partial charge in [0.15, 0.2) is 0 Å². The lowest BCUT2D eigenvalue weighted by Crippen LogP contribution is -2.53. The first-order valence-electron chi connectivity index (χ1n) is 10.9. The Bertz CT molecular complexity index is 1350. The first-order chi connectivity index (χ1) is 16.6. The molecule has 0 unspecified atom stereocenters. The molecule has 5 rings (SSSR count). The second kappa shape index (κ2) is 7.85. The van der Waals surface area contributed by atoms with Gasteiger partial charge in [0.1, 0.15) is 5.54 Å². The van der Waals surface area contributed by atoms with E-state index in [2.05, 4.69) is 10.6 Å². The van der Waals surface area contributed by atoms with Crippen LogP contribution in [0, 0.1) is 28.9 Å². The summed E-state index contributed by atoms with van der Waals surface area (Å²) >= 11 is 6.25. The Balaban J connectivity index is 1.66. The molecule has 3 aliphatic rings. The quantitative estimate of drug-likeness (QED) is 0.321. The summed E-state index contributed by atoms with van der Waals surface area (Å²) < 4.78 is 0. The molecule has 0 aromatic heterocycles. The third-order valence-corrected chi connectivity index (χ3v) is 7.49. The van der Waals surface area contributed by atoms with E-state index >= 15 is 0 Å². The molecule has 0 radical (unpaired) electrons. The highest BCUT2D eigenvalue weighted by atomic mass is 35.5. The van der Waals surface area contributed by atoms with Gasteiger partial charge in [-0.1, -0.05) is 23.7 Å². The molecule has 4 N–H and O–H groups in total. The number of hydrogen-bond acceptors (Lipinski definition) is 7. The highest BCUT2D eigenvalue weighted by Crippen LogP contribution is 2.55. The number of nitrogens with two attached hydrogens (primary N) is 1. The first-order valence-corrected chi connectivity index (χ1v) is 11.2. The van der Waals surface area contributed by atoms with E-state index < -0.39 is 52.0 Å². The molecule has 0 bridgehead atoms. The minimum absolute atomic E-state index is 0.0401. The lowest BCUT2D eigenvalue weighted by molar-refractivity contribution is -0.384. The maximum atomic E-state index is 13.8. The van der Waals surface area contributed by atoms with Crippen molar-refractivity contribution in [2.75, 3.05) is 10.2 Å². The molecule has 0 saturated carbocycles. The van der Waals surface area contributed by atoms with Crippen LogP contribution in [0.1, 0.15) is 24.0 Å². The zero-order valence-electron chi connectivity index (χ0n) is 18.4. The monoisotopic (exact) mass is 497 g/mol. The lowest BCUT2D eigenvalue weighted by Gasteiger charge is -2.29. The number of rotatable bonds is 5. The van der Waals surface area contributed by atoms with Crippen molar-refractivity contribution in [3.8, 4) is 0 Å². The Labute approximate surface area is 203 Å². The van der Waals surface area contributed by atoms with Gasteiger partial charge in [-0.05, 0) is 31.0 Å². The minimum atomic E-state index is -1.58. The predicted octanol–water partition coefficient (Wildman–Crippen LogP) is 1.75. The Hall–Kier alpha value is -3.83. The SMILES string of the molecule is Cc1c(Cl)ccc2c1NC(=O)[C@@]21N[C@H](CCC(N)=O)[C@@H]2C(=O)N(c3cccc([N+](=O)[O-])c3)C(=O)[C@H]21. The van der Waals surface area contributed by atoms with Gasteiger partial charge in [0, 0.05) is 35.2 Å². The van der Waals surface area contributed by atoms with Gasteiger partial charge in [0.25, 0.3) is 5.69 Å². The van der Waals surface area contributed by atoms with Gasteiger partial charge in [0.05, 0.1) is 28.1 Å². The number of primary amides is 1. The summed E-state index contributed by atoms with van der Waals surface area (Å²) in [6.07, 6.45) is 0.0542. The number of nitro groups is 1. The Kier molecular flexibility index (Phi) is 5.15. The third kappa shape index (κ3) is 3.15. The van der Waals surface area contributed by atoms with E-state index in [-0.39, 0.29) is 24.2 Å². The van der Waals surface area contributed by atoms with Crippen molar-refractivity contribution in [1.82, 2.24) is 5.32 Å². The van der Waals surface area contributed by atoms with Crippen LogP contribution in [0.5, 0.6) is 0 Å². The van der Waals surface area contributed by atoms with Crippen molar-refractivity contribution in [2.45, 2.75) is 31.3 Å². The van der Waals surface area contributed by atoms with Crippen LogP contribution in [-0.4, -0.2) is 34.6 Å². The van der Waals surface area contributed by atoms with Crippen LogP contribution >= 0.6 is 11.6 Å². The number of carbonyl (C=O) groups excluding carboxylic acids is 4. The van der Waals surface area contributed by atoms with Crippen LogP contribution in [0.15, 0.2) is 36.4 Å². The summed E-state index contributed by atoms with van der Waals surface area (Å²) in [4.78, 5) is 64.0. The number of benzene rings is 2. The molecule has 0 aliphatic carbocycles. The van der Waals surface area contributed by atoms with E-state index in [1.807, 2.05) is 0 Å².